The molecule has 0 saturated carbocycles. The molecule has 0 radical (unpaired) electrons. The molecule has 0 heterocycles. The monoisotopic (exact) mass is 256 g/mol. The van der Waals surface area contributed by atoms with Crippen LogP contribution in [0.5, 0.6) is 0 Å². The molecule has 0 aliphatic heterocycles. The molecule has 6 heteroatoms. The van der Waals surface area contributed by atoms with Crippen molar-refractivity contribution in [2.45, 2.75) is 38.3 Å². The summed E-state index contributed by atoms with van der Waals surface area (Å²) in [6.07, 6.45) is 6.39. The minimum Gasteiger partial charge on any atom is -0.480 e. The quantitative estimate of drug-likeness (QED) is 0.438. The van der Waals surface area contributed by atoms with Gasteiger partial charge in [-0.25, -0.2) is 9.59 Å². The lowest BCUT2D eigenvalue weighted by Crippen LogP contribution is -2.48. The molecule has 0 bridgehead atoms. The van der Waals surface area contributed by atoms with E-state index in [1.54, 1.807) is 6.92 Å². The van der Waals surface area contributed by atoms with Gasteiger partial charge in [0.1, 0.15) is 6.04 Å². The number of rotatable bonds is 8. The highest BCUT2D eigenvalue weighted by Crippen LogP contribution is 1.98. The van der Waals surface area contributed by atoms with Crippen LogP contribution in [-0.4, -0.2) is 42.9 Å². The third kappa shape index (κ3) is 7.52. The first-order valence-corrected chi connectivity index (χ1v) is 5.73. The number of aliphatic carboxylic acids is 1. The zero-order chi connectivity index (χ0) is 14.0. The number of nitrogens with one attached hydrogen (secondary N) is 2. The smallest absolute Gasteiger partial charge is 0.326 e. The maximum Gasteiger partial charge on any atom is 0.326 e. The molecule has 2 atom stereocenters. The van der Waals surface area contributed by atoms with Gasteiger partial charge in [-0.2, -0.15) is 0 Å². The molecule has 2 amide bonds. The van der Waals surface area contributed by atoms with Crippen LogP contribution in [0.1, 0.15) is 26.2 Å². The van der Waals surface area contributed by atoms with Gasteiger partial charge in [-0.3, -0.25) is 0 Å². The van der Waals surface area contributed by atoms with E-state index in [1.807, 2.05) is 0 Å². The molecule has 0 aromatic heterocycles. The Bertz CT molecular complexity index is 312. The molecule has 18 heavy (non-hydrogen) atoms. The van der Waals surface area contributed by atoms with E-state index >= 15 is 0 Å². The maximum atomic E-state index is 11.5. The Kier molecular flexibility index (Phi) is 8.41. The molecule has 0 aliphatic rings. The van der Waals surface area contributed by atoms with Crippen LogP contribution < -0.4 is 10.6 Å². The number of hydrogen-bond donors (Lipinski definition) is 3. The van der Waals surface area contributed by atoms with Crippen molar-refractivity contribution >= 4 is 12.0 Å². The first-order chi connectivity index (χ1) is 8.51. The molecule has 6 nitrogen and oxygen atoms in total. The number of carbonyl (C=O) groups excluding carboxylic acids is 1. The minimum atomic E-state index is -1.06. The number of carboxylic acids is 1. The number of carbonyl (C=O) groups is 2. The number of amides is 2. The Morgan fingerprint density at radius 2 is 2.11 bits per heavy atom. The Balaban J connectivity index is 4.12. The fourth-order valence-corrected chi connectivity index (χ4v) is 1.34. The second kappa shape index (κ2) is 9.31. The van der Waals surface area contributed by atoms with E-state index in [1.165, 1.54) is 7.11 Å². The Labute approximate surface area is 107 Å². The number of carboxylic acid groups (broad SMARTS) is 1. The predicted octanol–water partition coefficient (Wildman–Crippen LogP) is 0.577. The summed E-state index contributed by atoms with van der Waals surface area (Å²) in [5.41, 5.74) is 0. The topological polar surface area (TPSA) is 87.7 Å². The summed E-state index contributed by atoms with van der Waals surface area (Å²) < 4.78 is 4.83. The normalized spacial score (nSPS) is 13.2. The fraction of sp³-hybridized carbons (Fsp3) is 0.667. The Morgan fingerprint density at radius 1 is 1.44 bits per heavy atom. The van der Waals surface area contributed by atoms with Crippen molar-refractivity contribution < 1.29 is 19.4 Å². The van der Waals surface area contributed by atoms with Crippen LogP contribution in [0.15, 0.2) is 0 Å². The van der Waals surface area contributed by atoms with Crippen molar-refractivity contribution in [3.05, 3.63) is 0 Å². The van der Waals surface area contributed by atoms with E-state index < -0.39 is 18.0 Å². The van der Waals surface area contributed by atoms with Crippen LogP contribution in [0.3, 0.4) is 0 Å². The highest BCUT2D eigenvalue weighted by atomic mass is 16.5. The van der Waals surface area contributed by atoms with Gasteiger partial charge in [0.05, 0.1) is 0 Å². The van der Waals surface area contributed by atoms with Crippen molar-refractivity contribution in [2.75, 3.05) is 13.7 Å². The lowest BCUT2D eigenvalue weighted by molar-refractivity contribution is -0.139. The molecular weight excluding hydrogens is 236 g/mol. The molecule has 0 spiro atoms. The lowest BCUT2D eigenvalue weighted by atomic mass is 10.1. The van der Waals surface area contributed by atoms with E-state index in [0.717, 1.165) is 0 Å². The van der Waals surface area contributed by atoms with Crippen LogP contribution in [0.2, 0.25) is 0 Å². The largest absolute Gasteiger partial charge is 0.480 e. The number of methoxy groups -OCH3 is 1. The van der Waals surface area contributed by atoms with Gasteiger partial charge in [0.15, 0.2) is 0 Å². The summed E-state index contributed by atoms with van der Waals surface area (Å²) in [5.74, 6) is 1.35. The molecule has 0 rings (SSSR count). The molecule has 3 N–H and O–H groups in total. The number of urea groups is 1. The molecule has 0 aromatic rings. The third-order valence-electron chi connectivity index (χ3n) is 2.25. The number of ether oxygens (including phenoxy) is 1. The maximum absolute atomic E-state index is 11.5. The summed E-state index contributed by atoms with van der Waals surface area (Å²) in [6.45, 7) is 2.21. The average molecular weight is 256 g/mol. The predicted molar refractivity (Wildman–Crippen MR) is 67.1 cm³/mol. The van der Waals surface area contributed by atoms with Crippen molar-refractivity contribution in [1.29, 1.82) is 0 Å². The van der Waals surface area contributed by atoms with E-state index in [9.17, 15) is 9.59 Å². The second-order valence-electron chi connectivity index (χ2n) is 3.95. The van der Waals surface area contributed by atoms with Gasteiger partial charge in [0.25, 0.3) is 0 Å². The van der Waals surface area contributed by atoms with E-state index in [4.69, 9.17) is 16.3 Å². The Morgan fingerprint density at radius 3 is 2.61 bits per heavy atom. The SMILES string of the molecule is C#CCC(C)NC(=O)NC(CCCOC)C(=O)O. The van der Waals surface area contributed by atoms with Gasteiger partial charge in [0.2, 0.25) is 0 Å². The summed E-state index contributed by atoms with van der Waals surface area (Å²) in [5, 5.41) is 13.9. The minimum absolute atomic E-state index is 0.191. The lowest BCUT2D eigenvalue weighted by Gasteiger charge is -2.17. The van der Waals surface area contributed by atoms with E-state index in [0.29, 0.717) is 25.9 Å². The van der Waals surface area contributed by atoms with Crippen molar-refractivity contribution in [1.82, 2.24) is 10.6 Å². The number of hydrogen-bond acceptors (Lipinski definition) is 3. The van der Waals surface area contributed by atoms with Gasteiger partial charge in [-0.05, 0) is 19.8 Å². The molecule has 0 aromatic carbocycles. The third-order valence-corrected chi connectivity index (χ3v) is 2.25. The van der Waals surface area contributed by atoms with Crippen LogP contribution in [0, 0.1) is 12.3 Å². The second-order valence-corrected chi connectivity index (χ2v) is 3.95. The molecule has 102 valence electrons. The molecule has 2 unspecified atom stereocenters. The summed E-state index contributed by atoms with van der Waals surface area (Å²) in [7, 11) is 1.54. The Hall–Kier alpha value is -1.74. The highest BCUT2D eigenvalue weighted by Gasteiger charge is 2.19. The first-order valence-electron chi connectivity index (χ1n) is 5.73. The first kappa shape index (κ1) is 16.3. The summed E-state index contributed by atoms with van der Waals surface area (Å²) in [6, 6.07) is -1.64. The van der Waals surface area contributed by atoms with Gasteiger partial charge < -0.3 is 20.5 Å². The fourth-order valence-electron chi connectivity index (χ4n) is 1.34. The van der Waals surface area contributed by atoms with Crippen LogP contribution in [-0.2, 0) is 9.53 Å². The molecule has 0 aliphatic carbocycles. The standard InChI is InChI=1S/C12H20N2O4/c1-4-6-9(2)13-12(17)14-10(11(15)16)7-5-8-18-3/h1,9-10H,5-8H2,2-3H3,(H,15,16)(H2,13,14,17). The van der Waals surface area contributed by atoms with Crippen LogP contribution in [0.25, 0.3) is 0 Å². The van der Waals surface area contributed by atoms with Crippen LogP contribution >= 0.6 is 0 Å². The highest BCUT2D eigenvalue weighted by molar-refractivity contribution is 5.82. The zero-order valence-corrected chi connectivity index (χ0v) is 10.7. The van der Waals surface area contributed by atoms with Gasteiger partial charge in [-0.1, -0.05) is 0 Å². The van der Waals surface area contributed by atoms with E-state index in [-0.39, 0.29) is 6.04 Å². The van der Waals surface area contributed by atoms with Crippen molar-refractivity contribution in [2.24, 2.45) is 0 Å². The van der Waals surface area contributed by atoms with Crippen LogP contribution in [0.4, 0.5) is 4.79 Å². The summed E-state index contributed by atoms with van der Waals surface area (Å²) >= 11 is 0. The number of terminal acetylenes is 1. The molecule has 0 fully saturated rings. The average Bonchev–Trinajstić information content (AvgIpc) is 2.27. The van der Waals surface area contributed by atoms with Crippen molar-refractivity contribution in [3.8, 4) is 12.3 Å². The zero-order valence-electron chi connectivity index (χ0n) is 10.7. The molecule has 0 saturated heterocycles. The molecular formula is C12H20N2O4. The van der Waals surface area contributed by atoms with Gasteiger partial charge in [-0.15, -0.1) is 12.3 Å². The van der Waals surface area contributed by atoms with Crippen molar-refractivity contribution in [3.63, 3.8) is 0 Å². The van der Waals surface area contributed by atoms with Gasteiger partial charge >= 0.3 is 12.0 Å². The van der Waals surface area contributed by atoms with E-state index in [2.05, 4.69) is 16.6 Å². The summed E-state index contributed by atoms with van der Waals surface area (Å²) in [4.78, 5) is 22.4. The van der Waals surface area contributed by atoms with Gasteiger partial charge in [0, 0.05) is 26.2 Å².